The molecule has 0 heterocycles. The Labute approximate surface area is 106 Å². The number of hydrogen-bond donors (Lipinski definition) is 2. The summed E-state index contributed by atoms with van der Waals surface area (Å²) < 4.78 is 4.77. The van der Waals surface area contributed by atoms with Gasteiger partial charge in [-0.2, -0.15) is 5.26 Å². The van der Waals surface area contributed by atoms with Crippen LogP contribution in [0.5, 0.6) is 0 Å². The van der Waals surface area contributed by atoms with E-state index in [0.717, 1.165) is 0 Å². The molecule has 0 radical (unpaired) electrons. The lowest BCUT2D eigenvalue weighted by Crippen LogP contribution is -2.32. The van der Waals surface area contributed by atoms with Crippen LogP contribution in [0, 0.1) is 11.3 Å². The Kier molecular flexibility index (Phi) is 8.18. The maximum atomic E-state index is 11.6. The minimum absolute atomic E-state index is 0.144. The summed E-state index contributed by atoms with van der Waals surface area (Å²) in [6.07, 6.45) is 1.21. The number of carbonyl (C=O) groups excluding carboxylic acids is 2. The van der Waals surface area contributed by atoms with Crippen LogP contribution in [-0.4, -0.2) is 50.1 Å². The fraction of sp³-hybridized carbons (Fsp3) is 0.545. The van der Waals surface area contributed by atoms with Gasteiger partial charge in [-0.25, -0.2) is 0 Å². The lowest BCUT2D eigenvalue weighted by Gasteiger charge is -2.15. The Morgan fingerprint density at radius 3 is 2.67 bits per heavy atom. The molecule has 18 heavy (non-hydrogen) atoms. The van der Waals surface area contributed by atoms with Crippen LogP contribution in [0.3, 0.4) is 0 Å². The Bertz CT molecular complexity index is 360. The lowest BCUT2D eigenvalue weighted by atomic mass is 10.3. The Morgan fingerprint density at radius 2 is 2.22 bits per heavy atom. The molecule has 0 aromatic carbocycles. The zero-order valence-electron chi connectivity index (χ0n) is 10.6. The number of methoxy groups -OCH3 is 1. The van der Waals surface area contributed by atoms with Crippen molar-refractivity contribution < 1.29 is 14.3 Å². The van der Waals surface area contributed by atoms with Gasteiger partial charge in [0, 0.05) is 39.9 Å². The smallest absolute Gasteiger partial charge is 0.263 e. The van der Waals surface area contributed by atoms with Crippen LogP contribution < -0.4 is 11.1 Å². The summed E-state index contributed by atoms with van der Waals surface area (Å²) in [6, 6.07) is 1.75. The average molecular weight is 254 g/mol. The summed E-state index contributed by atoms with van der Waals surface area (Å²) in [4.78, 5) is 24.0. The van der Waals surface area contributed by atoms with E-state index in [-0.39, 0.29) is 24.6 Å². The monoisotopic (exact) mass is 254 g/mol. The second kappa shape index (κ2) is 9.15. The van der Waals surface area contributed by atoms with Crippen molar-refractivity contribution in [3.8, 4) is 6.07 Å². The number of hydrogen-bond acceptors (Lipinski definition) is 5. The van der Waals surface area contributed by atoms with Gasteiger partial charge in [-0.1, -0.05) is 0 Å². The topological polar surface area (TPSA) is 108 Å². The third-order valence-electron chi connectivity index (χ3n) is 2.02. The normalized spacial score (nSPS) is 10.7. The quantitative estimate of drug-likeness (QED) is 0.343. The molecule has 0 atom stereocenters. The summed E-state index contributed by atoms with van der Waals surface area (Å²) in [6.45, 7) is 2.49. The molecule has 0 aromatic heterocycles. The largest absolute Gasteiger partial charge is 0.383 e. The van der Waals surface area contributed by atoms with Gasteiger partial charge in [0.25, 0.3) is 5.91 Å². The zero-order chi connectivity index (χ0) is 14.0. The van der Waals surface area contributed by atoms with E-state index in [4.69, 9.17) is 15.7 Å². The SMILES string of the molecule is COCCNC(=O)/C(C#N)=C\N(CCN)C(C)=O. The predicted molar refractivity (Wildman–Crippen MR) is 65.0 cm³/mol. The molecule has 0 saturated carbocycles. The van der Waals surface area contributed by atoms with Gasteiger partial charge in [0.15, 0.2) is 0 Å². The van der Waals surface area contributed by atoms with Crippen LogP contribution in [0.15, 0.2) is 11.8 Å². The molecule has 0 bridgehead atoms. The molecule has 3 N–H and O–H groups in total. The zero-order valence-corrected chi connectivity index (χ0v) is 10.6. The van der Waals surface area contributed by atoms with Crippen molar-refractivity contribution in [1.82, 2.24) is 10.2 Å². The van der Waals surface area contributed by atoms with Crippen molar-refractivity contribution in [1.29, 1.82) is 5.26 Å². The molecule has 0 fully saturated rings. The van der Waals surface area contributed by atoms with Gasteiger partial charge in [-0.15, -0.1) is 0 Å². The molecule has 7 nitrogen and oxygen atoms in total. The summed E-state index contributed by atoms with van der Waals surface area (Å²) >= 11 is 0. The van der Waals surface area contributed by atoms with Crippen LogP contribution >= 0.6 is 0 Å². The molecule has 0 unspecified atom stereocenters. The van der Waals surface area contributed by atoms with Crippen molar-refractivity contribution in [2.24, 2.45) is 5.73 Å². The van der Waals surface area contributed by atoms with E-state index < -0.39 is 5.91 Å². The highest BCUT2D eigenvalue weighted by Crippen LogP contribution is 1.98. The van der Waals surface area contributed by atoms with Gasteiger partial charge in [0.2, 0.25) is 5.91 Å². The maximum Gasteiger partial charge on any atom is 0.263 e. The number of nitriles is 1. The van der Waals surface area contributed by atoms with E-state index in [1.807, 2.05) is 0 Å². The number of ether oxygens (including phenoxy) is 1. The molecule has 0 aliphatic carbocycles. The Morgan fingerprint density at radius 1 is 1.56 bits per heavy atom. The Balaban J connectivity index is 4.67. The summed E-state index contributed by atoms with van der Waals surface area (Å²) in [5.74, 6) is -0.823. The first-order valence-corrected chi connectivity index (χ1v) is 5.43. The first-order chi connectivity index (χ1) is 8.56. The summed E-state index contributed by atoms with van der Waals surface area (Å²) in [5.41, 5.74) is 5.19. The average Bonchev–Trinajstić information content (AvgIpc) is 2.34. The molecule has 0 spiro atoms. The molecule has 2 amide bonds. The van der Waals surface area contributed by atoms with Crippen molar-refractivity contribution in [2.45, 2.75) is 6.92 Å². The van der Waals surface area contributed by atoms with Gasteiger partial charge in [0.05, 0.1) is 6.61 Å². The number of carbonyl (C=O) groups is 2. The van der Waals surface area contributed by atoms with E-state index in [2.05, 4.69) is 5.32 Å². The van der Waals surface area contributed by atoms with E-state index in [1.54, 1.807) is 6.07 Å². The highest BCUT2D eigenvalue weighted by atomic mass is 16.5. The molecule has 7 heteroatoms. The highest BCUT2D eigenvalue weighted by molar-refractivity contribution is 5.97. The Hall–Kier alpha value is -1.91. The standard InChI is InChI=1S/C11H18N4O3/c1-9(16)15(5-3-12)8-10(7-13)11(17)14-4-6-18-2/h8H,3-6,12H2,1-2H3,(H,14,17)/b10-8-. The third-order valence-corrected chi connectivity index (χ3v) is 2.02. The second-order valence-corrected chi connectivity index (χ2v) is 3.40. The van der Waals surface area contributed by atoms with Crippen molar-refractivity contribution >= 4 is 11.8 Å². The van der Waals surface area contributed by atoms with Gasteiger partial charge < -0.3 is 20.7 Å². The fourth-order valence-electron chi connectivity index (χ4n) is 1.11. The van der Waals surface area contributed by atoms with Crippen molar-refractivity contribution in [3.05, 3.63) is 11.8 Å². The lowest BCUT2D eigenvalue weighted by molar-refractivity contribution is -0.126. The number of rotatable bonds is 7. The summed E-state index contributed by atoms with van der Waals surface area (Å²) in [7, 11) is 1.51. The van der Waals surface area contributed by atoms with Gasteiger partial charge in [-0.3, -0.25) is 9.59 Å². The van der Waals surface area contributed by atoms with Crippen LogP contribution in [0.2, 0.25) is 0 Å². The summed E-state index contributed by atoms with van der Waals surface area (Å²) in [5, 5.41) is 11.4. The maximum absolute atomic E-state index is 11.6. The van der Waals surface area contributed by atoms with E-state index in [9.17, 15) is 9.59 Å². The van der Waals surface area contributed by atoms with Crippen LogP contribution in [0.4, 0.5) is 0 Å². The van der Waals surface area contributed by atoms with Gasteiger partial charge in [0.1, 0.15) is 11.6 Å². The number of nitrogens with two attached hydrogens (primary N) is 1. The number of nitrogens with one attached hydrogen (secondary N) is 1. The highest BCUT2D eigenvalue weighted by Gasteiger charge is 2.12. The fourth-order valence-corrected chi connectivity index (χ4v) is 1.11. The molecule has 0 aliphatic heterocycles. The number of amides is 2. The van der Waals surface area contributed by atoms with E-state index in [0.29, 0.717) is 13.2 Å². The predicted octanol–water partition coefficient (Wildman–Crippen LogP) is -1.04. The second-order valence-electron chi connectivity index (χ2n) is 3.40. The molecule has 0 aliphatic rings. The van der Waals surface area contributed by atoms with Gasteiger partial charge in [-0.05, 0) is 0 Å². The minimum atomic E-state index is -0.544. The van der Waals surface area contributed by atoms with Gasteiger partial charge >= 0.3 is 0 Å². The van der Waals surface area contributed by atoms with Crippen LogP contribution in [-0.2, 0) is 14.3 Å². The first-order valence-electron chi connectivity index (χ1n) is 5.43. The molecular formula is C11H18N4O3. The van der Waals surface area contributed by atoms with Crippen LogP contribution in [0.1, 0.15) is 6.92 Å². The molecule has 0 saturated heterocycles. The van der Waals surface area contributed by atoms with E-state index in [1.165, 1.54) is 25.1 Å². The van der Waals surface area contributed by atoms with Crippen LogP contribution in [0.25, 0.3) is 0 Å². The first kappa shape index (κ1) is 16.1. The molecule has 0 aromatic rings. The number of nitrogens with zero attached hydrogens (tertiary/aromatic N) is 2. The van der Waals surface area contributed by atoms with Crippen molar-refractivity contribution in [2.75, 3.05) is 33.4 Å². The third kappa shape index (κ3) is 5.98. The molecule has 100 valence electrons. The van der Waals surface area contributed by atoms with Crippen molar-refractivity contribution in [3.63, 3.8) is 0 Å². The van der Waals surface area contributed by atoms with E-state index >= 15 is 0 Å². The molecule has 0 rings (SSSR count). The minimum Gasteiger partial charge on any atom is -0.383 e. The molecular weight excluding hydrogens is 236 g/mol.